The Bertz CT molecular complexity index is 938. The second-order valence-corrected chi connectivity index (χ2v) is 7.01. The van der Waals surface area contributed by atoms with E-state index in [4.69, 9.17) is 11.6 Å². The highest BCUT2D eigenvalue weighted by atomic mass is 35.5. The zero-order valence-electron chi connectivity index (χ0n) is 11.7. The van der Waals surface area contributed by atoms with Crippen LogP contribution in [-0.2, 0) is 10.0 Å². The Labute approximate surface area is 133 Å². The lowest BCUT2D eigenvalue weighted by atomic mass is 10.2. The van der Waals surface area contributed by atoms with E-state index in [0.29, 0.717) is 16.2 Å². The fourth-order valence-electron chi connectivity index (χ4n) is 2.14. The molecule has 0 aliphatic rings. The Hall–Kier alpha value is -2.11. The van der Waals surface area contributed by atoms with Gasteiger partial charge < -0.3 is 0 Å². The first-order chi connectivity index (χ1) is 10.5. The van der Waals surface area contributed by atoms with Gasteiger partial charge in [0.2, 0.25) is 0 Å². The second kappa shape index (κ2) is 5.59. The fourth-order valence-corrected chi connectivity index (χ4v) is 3.34. The van der Waals surface area contributed by atoms with E-state index in [1.807, 2.05) is 25.1 Å². The minimum atomic E-state index is -3.68. The van der Waals surface area contributed by atoms with E-state index in [9.17, 15) is 8.42 Å². The number of rotatable bonds is 3. The average molecular weight is 333 g/mol. The monoisotopic (exact) mass is 332 g/mol. The van der Waals surface area contributed by atoms with Gasteiger partial charge in [-0.15, -0.1) is 0 Å². The molecule has 0 fully saturated rings. The van der Waals surface area contributed by atoms with Crippen molar-refractivity contribution >= 4 is 38.2 Å². The maximum absolute atomic E-state index is 12.5. The van der Waals surface area contributed by atoms with E-state index in [1.165, 1.54) is 12.1 Å². The van der Waals surface area contributed by atoms with Gasteiger partial charge in [-0.25, -0.2) is 8.42 Å². The summed E-state index contributed by atoms with van der Waals surface area (Å²) >= 11 is 5.79. The van der Waals surface area contributed by atoms with Crippen molar-refractivity contribution in [3.05, 3.63) is 65.3 Å². The number of halogens is 1. The van der Waals surface area contributed by atoms with E-state index >= 15 is 0 Å². The van der Waals surface area contributed by atoms with E-state index < -0.39 is 10.0 Å². The number of fused-ring (bicyclic) bond motifs is 1. The number of anilines is 1. The van der Waals surface area contributed by atoms with Crippen LogP contribution in [0.5, 0.6) is 0 Å². The standard InChI is InChI=1S/C16H13ClN2O2S/c1-11-5-6-12-3-2-4-15(16(12)18-11)19-22(20,21)14-9-7-13(17)8-10-14/h2-10,19H,1H3. The number of nitrogens with zero attached hydrogens (tertiary/aromatic N) is 1. The topological polar surface area (TPSA) is 59.1 Å². The van der Waals surface area contributed by atoms with Crippen LogP contribution in [0.3, 0.4) is 0 Å². The SMILES string of the molecule is Cc1ccc2cccc(NS(=O)(=O)c3ccc(Cl)cc3)c2n1. The van der Waals surface area contributed by atoms with Gasteiger partial charge in [-0.3, -0.25) is 9.71 Å². The number of pyridine rings is 1. The highest BCUT2D eigenvalue weighted by Crippen LogP contribution is 2.25. The Balaban J connectivity index is 2.06. The summed E-state index contributed by atoms with van der Waals surface area (Å²) in [6.45, 7) is 1.86. The molecule has 0 saturated heterocycles. The molecule has 0 saturated carbocycles. The summed E-state index contributed by atoms with van der Waals surface area (Å²) in [6.07, 6.45) is 0. The summed E-state index contributed by atoms with van der Waals surface area (Å²) in [5.41, 5.74) is 1.90. The molecular formula is C16H13ClN2O2S. The van der Waals surface area contributed by atoms with Crippen molar-refractivity contribution < 1.29 is 8.42 Å². The molecule has 3 aromatic rings. The Morgan fingerprint density at radius 2 is 1.73 bits per heavy atom. The van der Waals surface area contributed by atoms with Crippen molar-refractivity contribution in [1.29, 1.82) is 0 Å². The molecule has 22 heavy (non-hydrogen) atoms. The third kappa shape index (κ3) is 2.91. The fraction of sp³-hybridized carbons (Fsp3) is 0.0625. The zero-order chi connectivity index (χ0) is 15.7. The number of hydrogen-bond donors (Lipinski definition) is 1. The van der Waals surface area contributed by atoms with Gasteiger partial charge in [0.25, 0.3) is 10.0 Å². The van der Waals surface area contributed by atoms with Crippen molar-refractivity contribution in [2.24, 2.45) is 0 Å². The van der Waals surface area contributed by atoms with Crippen molar-refractivity contribution in [3.63, 3.8) is 0 Å². The van der Waals surface area contributed by atoms with Gasteiger partial charge in [0.1, 0.15) is 0 Å². The number of para-hydroxylation sites is 1. The molecule has 0 aliphatic carbocycles. The zero-order valence-corrected chi connectivity index (χ0v) is 13.3. The van der Waals surface area contributed by atoms with Crippen LogP contribution in [0.15, 0.2) is 59.5 Å². The number of hydrogen-bond acceptors (Lipinski definition) is 3. The summed E-state index contributed by atoms with van der Waals surface area (Å²) in [6, 6.07) is 15.2. The van der Waals surface area contributed by atoms with Gasteiger partial charge >= 0.3 is 0 Å². The largest absolute Gasteiger partial charge is 0.277 e. The lowest BCUT2D eigenvalue weighted by Gasteiger charge is -2.10. The van der Waals surface area contributed by atoms with Crippen LogP contribution in [0, 0.1) is 6.92 Å². The minimum Gasteiger partial charge on any atom is -0.277 e. The molecule has 112 valence electrons. The molecule has 0 unspecified atom stereocenters. The molecule has 0 bridgehead atoms. The van der Waals surface area contributed by atoms with Crippen LogP contribution in [0.25, 0.3) is 10.9 Å². The molecule has 0 aliphatic heterocycles. The van der Waals surface area contributed by atoms with Gasteiger partial charge in [0.15, 0.2) is 0 Å². The summed E-state index contributed by atoms with van der Waals surface area (Å²) in [7, 11) is -3.68. The van der Waals surface area contributed by atoms with E-state index in [-0.39, 0.29) is 4.90 Å². The Morgan fingerprint density at radius 1 is 1.00 bits per heavy atom. The molecule has 6 heteroatoms. The third-order valence-corrected chi connectivity index (χ3v) is 4.86. The summed E-state index contributed by atoms with van der Waals surface area (Å²) in [4.78, 5) is 4.57. The van der Waals surface area contributed by atoms with Gasteiger partial charge in [-0.2, -0.15) is 0 Å². The van der Waals surface area contributed by atoms with Crippen molar-refractivity contribution in [2.75, 3.05) is 4.72 Å². The van der Waals surface area contributed by atoms with Crippen LogP contribution in [0.2, 0.25) is 5.02 Å². The molecule has 0 atom stereocenters. The van der Waals surface area contributed by atoms with Crippen LogP contribution < -0.4 is 4.72 Å². The van der Waals surface area contributed by atoms with Crippen LogP contribution in [-0.4, -0.2) is 13.4 Å². The molecule has 3 rings (SSSR count). The van der Waals surface area contributed by atoms with E-state index in [1.54, 1.807) is 24.3 Å². The highest BCUT2D eigenvalue weighted by Gasteiger charge is 2.15. The molecular weight excluding hydrogens is 320 g/mol. The predicted molar refractivity (Wildman–Crippen MR) is 88.7 cm³/mol. The maximum Gasteiger partial charge on any atom is 0.261 e. The molecule has 1 heterocycles. The minimum absolute atomic E-state index is 0.154. The van der Waals surface area contributed by atoms with Crippen LogP contribution in [0.4, 0.5) is 5.69 Å². The number of nitrogens with one attached hydrogen (secondary N) is 1. The summed E-state index contributed by atoms with van der Waals surface area (Å²) < 4.78 is 27.5. The summed E-state index contributed by atoms with van der Waals surface area (Å²) in [5.74, 6) is 0. The lowest BCUT2D eigenvalue weighted by Crippen LogP contribution is -2.13. The number of benzene rings is 2. The Kier molecular flexibility index (Phi) is 3.76. The van der Waals surface area contributed by atoms with Crippen LogP contribution >= 0.6 is 11.6 Å². The van der Waals surface area contributed by atoms with Crippen molar-refractivity contribution in [2.45, 2.75) is 11.8 Å². The molecule has 1 aromatic heterocycles. The number of aromatic nitrogens is 1. The van der Waals surface area contributed by atoms with Crippen molar-refractivity contribution in [1.82, 2.24) is 4.98 Å². The lowest BCUT2D eigenvalue weighted by molar-refractivity contribution is 0.601. The Morgan fingerprint density at radius 3 is 2.45 bits per heavy atom. The smallest absolute Gasteiger partial charge is 0.261 e. The molecule has 0 amide bonds. The molecule has 4 nitrogen and oxygen atoms in total. The van der Waals surface area contributed by atoms with Gasteiger partial charge in [0.05, 0.1) is 16.1 Å². The van der Waals surface area contributed by atoms with Gasteiger partial charge in [-0.1, -0.05) is 29.8 Å². The predicted octanol–water partition coefficient (Wildman–Crippen LogP) is 4.00. The first kappa shape index (κ1) is 14.8. The van der Waals surface area contributed by atoms with E-state index in [2.05, 4.69) is 9.71 Å². The number of aryl methyl sites for hydroxylation is 1. The normalized spacial score (nSPS) is 11.5. The van der Waals surface area contributed by atoms with Crippen LogP contribution in [0.1, 0.15) is 5.69 Å². The van der Waals surface area contributed by atoms with Gasteiger partial charge in [-0.05, 0) is 43.3 Å². The molecule has 2 aromatic carbocycles. The summed E-state index contributed by atoms with van der Waals surface area (Å²) in [5, 5.41) is 1.36. The first-order valence-electron chi connectivity index (χ1n) is 6.60. The van der Waals surface area contributed by atoms with E-state index in [0.717, 1.165) is 11.1 Å². The number of sulfonamides is 1. The molecule has 1 N–H and O–H groups in total. The molecule has 0 radical (unpaired) electrons. The molecule has 0 spiro atoms. The second-order valence-electron chi connectivity index (χ2n) is 4.89. The first-order valence-corrected chi connectivity index (χ1v) is 8.46. The quantitative estimate of drug-likeness (QED) is 0.788. The third-order valence-electron chi connectivity index (χ3n) is 3.23. The van der Waals surface area contributed by atoms with Crippen molar-refractivity contribution in [3.8, 4) is 0 Å². The van der Waals surface area contributed by atoms with Gasteiger partial charge in [0, 0.05) is 16.1 Å². The maximum atomic E-state index is 12.5. The average Bonchev–Trinajstić information content (AvgIpc) is 2.48. The highest BCUT2D eigenvalue weighted by molar-refractivity contribution is 7.92.